The molecular formula is C15H16N2O4S. The van der Waals surface area contributed by atoms with E-state index in [1.807, 2.05) is 0 Å². The fourth-order valence-corrected chi connectivity index (χ4v) is 2.61. The molecule has 0 radical (unpaired) electrons. The van der Waals surface area contributed by atoms with Crippen LogP contribution in [0.4, 0.5) is 5.69 Å². The van der Waals surface area contributed by atoms with Crippen molar-refractivity contribution in [2.75, 3.05) is 19.5 Å². The van der Waals surface area contributed by atoms with Gasteiger partial charge in [-0.05, 0) is 37.4 Å². The van der Waals surface area contributed by atoms with E-state index in [0.29, 0.717) is 11.3 Å². The standard InChI is InChI=1S/C15H16N2O4S/c1-16-22(19,20)12-8-9-14(21-2)13(10-12)17-15(18)11-6-4-3-5-7-11/h3-10,16H,1-2H3,(H,17,18). The highest BCUT2D eigenvalue weighted by Gasteiger charge is 2.16. The smallest absolute Gasteiger partial charge is 0.255 e. The molecule has 2 aromatic rings. The van der Waals surface area contributed by atoms with Crippen LogP contribution in [-0.2, 0) is 10.0 Å². The van der Waals surface area contributed by atoms with Crippen LogP contribution in [0.25, 0.3) is 0 Å². The van der Waals surface area contributed by atoms with Gasteiger partial charge in [-0.3, -0.25) is 4.79 Å². The van der Waals surface area contributed by atoms with Gasteiger partial charge in [0.15, 0.2) is 0 Å². The molecule has 0 fully saturated rings. The maximum atomic E-state index is 12.2. The predicted octanol–water partition coefficient (Wildman–Crippen LogP) is 1.86. The zero-order valence-corrected chi connectivity index (χ0v) is 13.0. The summed E-state index contributed by atoms with van der Waals surface area (Å²) in [6.45, 7) is 0. The molecule has 0 aromatic heterocycles. The molecule has 2 aromatic carbocycles. The van der Waals surface area contributed by atoms with E-state index in [1.165, 1.54) is 32.4 Å². The summed E-state index contributed by atoms with van der Waals surface area (Å²) in [4.78, 5) is 12.2. The Morgan fingerprint density at radius 1 is 1.09 bits per heavy atom. The van der Waals surface area contributed by atoms with Gasteiger partial charge >= 0.3 is 0 Å². The third-order valence-electron chi connectivity index (χ3n) is 3.03. The van der Waals surface area contributed by atoms with Gasteiger partial charge in [0.25, 0.3) is 5.91 Å². The van der Waals surface area contributed by atoms with Gasteiger partial charge in [-0.1, -0.05) is 18.2 Å². The first-order valence-electron chi connectivity index (χ1n) is 6.46. The van der Waals surface area contributed by atoms with E-state index in [-0.39, 0.29) is 16.5 Å². The third-order valence-corrected chi connectivity index (χ3v) is 4.45. The molecule has 0 aliphatic heterocycles. The highest BCUT2D eigenvalue weighted by molar-refractivity contribution is 7.89. The van der Waals surface area contributed by atoms with Crippen molar-refractivity contribution in [3.63, 3.8) is 0 Å². The Kier molecular flexibility index (Phi) is 4.79. The van der Waals surface area contributed by atoms with Gasteiger partial charge in [-0.25, -0.2) is 13.1 Å². The molecule has 0 aliphatic rings. The summed E-state index contributed by atoms with van der Waals surface area (Å²) in [6, 6.07) is 12.9. The second kappa shape index (κ2) is 6.59. The Morgan fingerprint density at radius 2 is 1.77 bits per heavy atom. The van der Waals surface area contributed by atoms with E-state index in [4.69, 9.17) is 4.74 Å². The topological polar surface area (TPSA) is 84.5 Å². The summed E-state index contributed by atoms with van der Waals surface area (Å²) in [5.74, 6) is 0.0252. The fraction of sp³-hybridized carbons (Fsp3) is 0.133. The Labute approximate surface area is 129 Å². The minimum absolute atomic E-state index is 0.0409. The average Bonchev–Trinajstić information content (AvgIpc) is 2.55. The number of benzene rings is 2. The van der Waals surface area contributed by atoms with E-state index in [2.05, 4.69) is 10.0 Å². The average molecular weight is 320 g/mol. The Hall–Kier alpha value is -2.38. The van der Waals surface area contributed by atoms with Crippen LogP contribution < -0.4 is 14.8 Å². The van der Waals surface area contributed by atoms with Crippen molar-refractivity contribution in [2.45, 2.75) is 4.90 Å². The van der Waals surface area contributed by atoms with Crippen LogP contribution in [0.3, 0.4) is 0 Å². The molecule has 2 N–H and O–H groups in total. The molecule has 0 heterocycles. The zero-order valence-electron chi connectivity index (χ0n) is 12.2. The monoisotopic (exact) mass is 320 g/mol. The van der Waals surface area contributed by atoms with Gasteiger partial charge < -0.3 is 10.1 Å². The fourth-order valence-electron chi connectivity index (χ4n) is 1.85. The Morgan fingerprint density at radius 3 is 2.36 bits per heavy atom. The lowest BCUT2D eigenvalue weighted by Gasteiger charge is -2.12. The normalized spacial score (nSPS) is 11.0. The summed E-state index contributed by atoms with van der Waals surface area (Å²) < 4.78 is 31.1. The van der Waals surface area contributed by atoms with Crippen molar-refractivity contribution >= 4 is 21.6 Å². The number of anilines is 1. The zero-order chi connectivity index (χ0) is 16.2. The summed E-state index contributed by atoms with van der Waals surface area (Å²) in [6.07, 6.45) is 0. The van der Waals surface area contributed by atoms with Crippen LogP contribution in [0.2, 0.25) is 0 Å². The van der Waals surface area contributed by atoms with Crippen LogP contribution in [-0.4, -0.2) is 28.5 Å². The first-order chi connectivity index (χ1) is 10.5. The highest BCUT2D eigenvalue weighted by atomic mass is 32.2. The van der Waals surface area contributed by atoms with Crippen molar-refractivity contribution in [1.29, 1.82) is 0 Å². The van der Waals surface area contributed by atoms with E-state index < -0.39 is 10.0 Å². The molecule has 0 unspecified atom stereocenters. The molecule has 6 nitrogen and oxygen atoms in total. The number of carbonyl (C=O) groups is 1. The van der Waals surface area contributed by atoms with Crippen molar-refractivity contribution < 1.29 is 17.9 Å². The van der Waals surface area contributed by atoms with Crippen LogP contribution in [0, 0.1) is 0 Å². The molecule has 0 aliphatic carbocycles. The van der Waals surface area contributed by atoms with Gasteiger partial charge in [0.1, 0.15) is 5.75 Å². The number of hydrogen-bond acceptors (Lipinski definition) is 4. The van der Waals surface area contributed by atoms with Crippen molar-refractivity contribution in [3.8, 4) is 5.75 Å². The molecule has 22 heavy (non-hydrogen) atoms. The minimum atomic E-state index is -3.60. The van der Waals surface area contributed by atoms with Gasteiger partial charge in [-0.2, -0.15) is 0 Å². The van der Waals surface area contributed by atoms with E-state index in [9.17, 15) is 13.2 Å². The summed E-state index contributed by atoms with van der Waals surface area (Å²) in [5, 5.41) is 2.66. The largest absolute Gasteiger partial charge is 0.495 e. The minimum Gasteiger partial charge on any atom is -0.495 e. The molecule has 0 spiro atoms. The van der Waals surface area contributed by atoms with Crippen molar-refractivity contribution in [1.82, 2.24) is 4.72 Å². The molecule has 116 valence electrons. The second-order valence-electron chi connectivity index (χ2n) is 4.39. The van der Waals surface area contributed by atoms with Crippen molar-refractivity contribution in [2.24, 2.45) is 0 Å². The SMILES string of the molecule is CNS(=O)(=O)c1ccc(OC)c(NC(=O)c2ccccc2)c1. The van der Waals surface area contributed by atoms with Gasteiger partial charge in [0.2, 0.25) is 10.0 Å². The number of carbonyl (C=O) groups excluding carboxylic acids is 1. The van der Waals surface area contributed by atoms with E-state index >= 15 is 0 Å². The molecule has 2 rings (SSSR count). The maximum Gasteiger partial charge on any atom is 0.255 e. The number of ether oxygens (including phenoxy) is 1. The van der Waals surface area contributed by atoms with Gasteiger partial charge in [0.05, 0.1) is 17.7 Å². The molecule has 0 atom stereocenters. The Bertz CT molecular complexity index is 773. The first kappa shape index (κ1) is 16.0. The highest BCUT2D eigenvalue weighted by Crippen LogP contribution is 2.27. The summed E-state index contributed by atoms with van der Waals surface area (Å²) >= 11 is 0. The second-order valence-corrected chi connectivity index (χ2v) is 6.28. The van der Waals surface area contributed by atoms with Crippen LogP contribution in [0.15, 0.2) is 53.4 Å². The number of nitrogens with one attached hydrogen (secondary N) is 2. The molecule has 0 saturated heterocycles. The van der Waals surface area contributed by atoms with Crippen molar-refractivity contribution in [3.05, 3.63) is 54.1 Å². The molecule has 1 amide bonds. The number of rotatable bonds is 5. The van der Waals surface area contributed by atoms with E-state index in [1.54, 1.807) is 30.3 Å². The van der Waals surface area contributed by atoms with Crippen LogP contribution in [0.1, 0.15) is 10.4 Å². The van der Waals surface area contributed by atoms with Gasteiger partial charge in [0, 0.05) is 5.56 Å². The molecule has 0 bridgehead atoms. The van der Waals surface area contributed by atoms with E-state index in [0.717, 1.165) is 0 Å². The Balaban J connectivity index is 2.37. The molecule has 0 saturated carbocycles. The predicted molar refractivity (Wildman–Crippen MR) is 83.6 cm³/mol. The van der Waals surface area contributed by atoms with Crippen LogP contribution >= 0.6 is 0 Å². The van der Waals surface area contributed by atoms with Gasteiger partial charge in [-0.15, -0.1) is 0 Å². The molecule has 7 heteroatoms. The first-order valence-corrected chi connectivity index (χ1v) is 7.94. The lowest BCUT2D eigenvalue weighted by Crippen LogP contribution is -2.19. The summed E-state index contributed by atoms with van der Waals surface area (Å²) in [5.41, 5.74) is 0.749. The number of sulfonamides is 1. The summed E-state index contributed by atoms with van der Waals surface area (Å²) in [7, 11) is -0.838. The molecular weight excluding hydrogens is 304 g/mol. The number of amides is 1. The third kappa shape index (κ3) is 3.44. The number of hydrogen-bond donors (Lipinski definition) is 2. The maximum absolute atomic E-state index is 12.2. The lowest BCUT2D eigenvalue weighted by atomic mass is 10.2. The number of methoxy groups -OCH3 is 1. The lowest BCUT2D eigenvalue weighted by molar-refractivity contribution is 0.102. The quantitative estimate of drug-likeness (QED) is 0.880. The van der Waals surface area contributed by atoms with Crippen LogP contribution in [0.5, 0.6) is 5.75 Å².